The number of carbonyl (C=O) groups excluding carboxylic acids is 2. The minimum Gasteiger partial charge on any atom is -0.462 e. The second-order valence-corrected chi connectivity index (χ2v) is 6.75. The summed E-state index contributed by atoms with van der Waals surface area (Å²) >= 11 is 0. The van der Waals surface area contributed by atoms with Crippen LogP contribution in [0.5, 0.6) is 0 Å². The molecule has 4 aromatic rings. The number of nitrogens with zero attached hydrogens (tertiary/aromatic N) is 6. The summed E-state index contributed by atoms with van der Waals surface area (Å²) in [5.74, 6) is -1.32. The summed E-state index contributed by atoms with van der Waals surface area (Å²) in [5.41, 5.74) is -1.44. The molecule has 4 rings (SSSR count). The van der Waals surface area contributed by atoms with Crippen LogP contribution in [-0.4, -0.2) is 48.0 Å². The number of alkyl halides is 3. The van der Waals surface area contributed by atoms with Crippen LogP contribution >= 0.6 is 0 Å². The molecule has 1 N–H and O–H groups in total. The standard InChI is InChI=1S/C21H16F3N7O3/c1-2-34-20(33)15-10-27-31(17(15)21(22,23)24)14-7-5-13(6-8-14)19(32)29-16-4-3-9-26-18(16)30-12-25-11-28-30/h3-12H,2H2,1H3,(H,29,32). The van der Waals surface area contributed by atoms with Crippen LogP contribution in [0.4, 0.5) is 18.9 Å². The molecular formula is C21H16F3N7O3. The fourth-order valence-corrected chi connectivity index (χ4v) is 3.12. The number of pyridine rings is 1. The van der Waals surface area contributed by atoms with Gasteiger partial charge in [-0.1, -0.05) is 0 Å². The molecule has 0 spiro atoms. The molecule has 0 saturated carbocycles. The van der Waals surface area contributed by atoms with Crippen molar-refractivity contribution in [2.75, 3.05) is 11.9 Å². The summed E-state index contributed by atoms with van der Waals surface area (Å²) in [6.07, 6.45) is 0.188. The predicted molar refractivity (Wildman–Crippen MR) is 112 cm³/mol. The molecule has 34 heavy (non-hydrogen) atoms. The second kappa shape index (κ2) is 9.13. The third-order valence-corrected chi connectivity index (χ3v) is 4.58. The molecule has 3 aromatic heterocycles. The van der Waals surface area contributed by atoms with E-state index < -0.39 is 29.3 Å². The molecule has 0 saturated heterocycles. The van der Waals surface area contributed by atoms with E-state index in [4.69, 9.17) is 4.74 Å². The van der Waals surface area contributed by atoms with E-state index in [1.54, 1.807) is 12.1 Å². The van der Waals surface area contributed by atoms with Gasteiger partial charge in [0.2, 0.25) is 0 Å². The predicted octanol–water partition coefficient (Wildman–Crippen LogP) is 3.30. The van der Waals surface area contributed by atoms with E-state index in [9.17, 15) is 22.8 Å². The van der Waals surface area contributed by atoms with Gasteiger partial charge in [-0.05, 0) is 43.3 Å². The largest absolute Gasteiger partial charge is 0.462 e. The van der Waals surface area contributed by atoms with Gasteiger partial charge in [0.05, 0.1) is 24.2 Å². The Morgan fingerprint density at radius 3 is 2.53 bits per heavy atom. The summed E-state index contributed by atoms with van der Waals surface area (Å²) in [4.78, 5) is 32.7. The Morgan fingerprint density at radius 2 is 1.88 bits per heavy atom. The minimum absolute atomic E-state index is 0.00380. The molecule has 174 valence electrons. The zero-order valence-corrected chi connectivity index (χ0v) is 17.5. The lowest BCUT2D eigenvalue weighted by Gasteiger charge is -2.13. The number of amides is 1. The Hall–Kier alpha value is -4.55. The maximum Gasteiger partial charge on any atom is 0.434 e. The number of aromatic nitrogens is 6. The van der Waals surface area contributed by atoms with Crippen LogP contribution in [-0.2, 0) is 10.9 Å². The van der Waals surface area contributed by atoms with Crippen molar-refractivity contribution in [1.29, 1.82) is 0 Å². The van der Waals surface area contributed by atoms with Gasteiger partial charge in [0, 0.05) is 11.8 Å². The van der Waals surface area contributed by atoms with E-state index in [-0.39, 0.29) is 17.9 Å². The molecule has 10 nitrogen and oxygen atoms in total. The van der Waals surface area contributed by atoms with E-state index in [1.807, 2.05) is 0 Å². The van der Waals surface area contributed by atoms with Crippen LogP contribution in [0, 0.1) is 0 Å². The van der Waals surface area contributed by atoms with Crippen LogP contribution in [0.25, 0.3) is 11.5 Å². The molecule has 3 heterocycles. The van der Waals surface area contributed by atoms with Gasteiger partial charge in [0.15, 0.2) is 11.5 Å². The molecule has 1 aromatic carbocycles. The Labute approximate surface area is 190 Å². The lowest BCUT2D eigenvalue weighted by Crippen LogP contribution is -2.19. The highest BCUT2D eigenvalue weighted by atomic mass is 19.4. The van der Waals surface area contributed by atoms with Crippen LogP contribution in [0.15, 0.2) is 61.4 Å². The lowest BCUT2D eigenvalue weighted by atomic mass is 10.1. The zero-order chi connectivity index (χ0) is 24.3. The van der Waals surface area contributed by atoms with Crippen molar-refractivity contribution in [3.63, 3.8) is 0 Å². The van der Waals surface area contributed by atoms with Crippen molar-refractivity contribution >= 4 is 17.6 Å². The van der Waals surface area contributed by atoms with Crippen molar-refractivity contribution in [2.45, 2.75) is 13.1 Å². The van der Waals surface area contributed by atoms with Gasteiger partial charge in [-0.2, -0.15) is 23.4 Å². The molecule has 0 unspecified atom stereocenters. The van der Waals surface area contributed by atoms with E-state index in [2.05, 4.69) is 25.5 Å². The highest BCUT2D eigenvalue weighted by Crippen LogP contribution is 2.34. The Balaban J connectivity index is 1.60. The molecule has 0 atom stereocenters. The highest BCUT2D eigenvalue weighted by molar-refractivity contribution is 6.05. The number of halogens is 3. The lowest BCUT2D eigenvalue weighted by molar-refractivity contribution is -0.143. The smallest absolute Gasteiger partial charge is 0.434 e. The topological polar surface area (TPSA) is 117 Å². The fraction of sp³-hybridized carbons (Fsp3) is 0.143. The second-order valence-electron chi connectivity index (χ2n) is 6.75. The Morgan fingerprint density at radius 1 is 1.12 bits per heavy atom. The monoisotopic (exact) mass is 471 g/mol. The summed E-state index contributed by atoms with van der Waals surface area (Å²) in [6, 6.07) is 8.48. The molecule has 0 radical (unpaired) electrons. The van der Waals surface area contributed by atoms with Gasteiger partial charge < -0.3 is 10.1 Å². The first-order chi connectivity index (χ1) is 16.3. The number of esters is 1. The normalized spacial score (nSPS) is 11.3. The zero-order valence-electron chi connectivity index (χ0n) is 17.5. The van der Waals surface area contributed by atoms with Gasteiger partial charge >= 0.3 is 12.1 Å². The molecule has 0 fully saturated rings. The molecular weight excluding hydrogens is 455 g/mol. The van der Waals surface area contributed by atoms with E-state index in [1.165, 1.54) is 54.7 Å². The van der Waals surface area contributed by atoms with E-state index in [0.717, 1.165) is 6.20 Å². The number of nitrogens with one attached hydrogen (secondary N) is 1. The minimum atomic E-state index is -4.87. The van der Waals surface area contributed by atoms with Crippen LogP contribution in [0.3, 0.4) is 0 Å². The third-order valence-electron chi connectivity index (χ3n) is 4.58. The van der Waals surface area contributed by atoms with Gasteiger partial charge in [-0.3, -0.25) is 4.79 Å². The number of carbonyl (C=O) groups is 2. The first-order valence-corrected chi connectivity index (χ1v) is 9.83. The average Bonchev–Trinajstić information content (AvgIpc) is 3.50. The summed E-state index contributed by atoms with van der Waals surface area (Å²) in [5, 5.41) is 10.4. The van der Waals surface area contributed by atoms with Crippen molar-refractivity contribution in [2.24, 2.45) is 0 Å². The third kappa shape index (κ3) is 4.48. The molecule has 0 aliphatic heterocycles. The SMILES string of the molecule is CCOC(=O)c1cnn(-c2ccc(C(=O)Nc3cccnc3-n3cncn3)cc2)c1C(F)(F)F. The quantitative estimate of drug-likeness (QED) is 0.429. The van der Waals surface area contributed by atoms with Gasteiger partial charge in [0.1, 0.15) is 18.2 Å². The maximum absolute atomic E-state index is 13.7. The maximum atomic E-state index is 13.7. The van der Waals surface area contributed by atoms with Crippen molar-refractivity contribution in [3.05, 3.63) is 78.3 Å². The van der Waals surface area contributed by atoms with Crippen LogP contribution in [0.2, 0.25) is 0 Å². The molecule has 0 bridgehead atoms. The van der Waals surface area contributed by atoms with Crippen LogP contribution < -0.4 is 5.32 Å². The average molecular weight is 471 g/mol. The first-order valence-electron chi connectivity index (χ1n) is 9.83. The van der Waals surface area contributed by atoms with Crippen molar-refractivity contribution in [3.8, 4) is 11.5 Å². The summed E-state index contributed by atoms with van der Waals surface area (Å²) < 4.78 is 47.7. The van der Waals surface area contributed by atoms with Gasteiger partial charge in [-0.25, -0.2) is 24.1 Å². The summed E-state index contributed by atoms with van der Waals surface area (Å²) in [6.45, 7) is 1.40. The number of anilines is 1. The Bertz CT molecular complexity index is 1320. The molecule has 1 amide bonds. The number of benzene rings is 1. The molecule has 13 heteroatoms. The van der Waals surface area contributed by atoms with Crippen molar-refractivity contribution in [1.82, 2.24) is 29.5 Å². The van der Waals surface area contributed by atoms with Gasteiger partial charge in [-0.15, -0.1) is 0 Å². The van der Waals surface area contributed by atoms with Crippen LogP contribution in [0.1, 0.15) is 33.3 Å². The van der Waals surface area contributed by atoms with Crippen molar-refractivity contribution < 1.29 is 27.5 Å². The Kier molecular flexibility index (Phi) is 6.08. The number of ether oxygens (including phenoxy) is 1. The molecule has 0 aliphatic rings. The first kappa shape index (κ1) is 22.6. The number of hydrogen-bond acceptors (Lipinski definition) is 7. The number of rotatable bonds is 6. The number of hydrogen-bond donors (Lipinski definition) is 1. The highest BCUT2D eigenvalue weighted by Gasteiger charge is 2.41. The van der Waals surface area contributed by atoms with Gasteiger partial charge in [0.25, 0.3) is 5.91 Å². The molecule has 0 aliphatic carbocycles. The summed E-state index contributed by atoms with van der Waals surface area (Å²) in [7, 11) is 0. The fourth-order valence-electron chi connectivity index (χ4n) is 3.12. The van der Waals surface area contributed by atoms with E-state index >= 15 is 0 Å². The van der Waals surface area contributed by atoms with E-state index in [0.29, 0.717) is 16.2 Å².